The van der Waals surface area contributed by atoms with E-state index in [1.54, 1.807) is 28.7 Å². The zero-order chi connectivity index (χ0) is 26.6. The summed E-state index contributed by atoms with van der Waals surface area (Å²) in [6.45, 7) is 2.95. The highest BCUT2D eigenvalue weighted by Gasteiger charge is 2.32. The second-order valence-corrected chi connectivity index (χ2v) is 9.85. The van der Waals surface area contributed by atoms with Crippen molar-refractivity contribution in [2.45, 2.75) is 51.3 Å². The van der Waals surface area contributed by atoms with E-state index in [-0.39, 0.29) is 41.5 Å². The number of halogens is 2. The van der Waals surface area contributed by atoms with Crippen molar-refractivity contribution in [3.8, 4) is 22.0 Å². The predicted octanol–water partition coefficient (Wildman–Crippen LogP) is 3.73. The maximum Gasteiger partial charge on any atom is 0.275 e. The van der Waals surface area contributed by atoms with Gasteiger partial charge in [-0.25, -0.2) is 14.4 Å². The Morgan fingerprint density at radius 1 is 1.29 bits per heavy atom. The minimum absolute atomic E-state index is 0.0413. The highest BCUT2D eigenvalue weighted by molar-refractivity contribution is 7.13. The van der Waals surface area contributed by atoms with Crippen molar-refractivity contribution in [3.63, 3.8) is 0 Å². The summed E-state index contributed by atoms with van der Waals surface area (Å²) >= 11 is 1.28. The van der Waals surface area contributed by atoms with Gasteiger partial charge in [-0.05, 0) is 31.9 Å². The third-order valence-electron chi connectivity index (χ3n) is 6.46. The summed E-state index contributed by atoms with van der Waals surface area (Å²) in [6, 6.07) is 2.03. The maximum absolute atomic E-state index is 14.7. The van der Waals surface area contributed by atoms with Crippen LogP contribution in [0.2, 0.25) is 0 Å². The monoisotopic (exact) mass is 544 g/mol. The summed E-state index contributed by atoms with van der Waals surface area (Å²) in [7, 11) is 0. The van der Waals surface area contributed by atoms with Gasteiger partial charge in [-0.1, -0.05) is 0 Å². The molecule has 4 aromatic rings. The van der Waals surface area contributed by atoms with Crippen molar-refractivity contribution >= 4 is 22.9 Å². The number of H-pyrrole nitrogens is 1. The highest BCUT2D eigenvalue weighted by atomic mass is 32.1. The maximum atomic E-state index is 14.7. The van der Waals surface area contributed by atoms with E-state index in [2.05, 4.69) is 25.5 Å². The fraction of sp³-hybridized carbons (Fsp3) is 0.400. The summed E-state index contributed by atoms with van der Waals surface area (Å²) in [5.74, 6) is -2.05. The van der Waals surface area contributed by atoms with Crippen LogP contribution in [0.15, 0.2) is 36.1 Å². The van der Waals surface area contributed by atoms with E-state index in [0.717, 1.165) is 43.4 Å². The van der Waals surface area contributed by atoms with E-state index in [0.29, 0.717) is 18.2 Å². The summed E-state index contributed by atoms with van der Waals surface area (Å²) in [5.41, 5.74) is 1.10. The molecule has 0 bridgehead atoms. The number of anilines is 1. The van der Waals surface area contributed by atoms with Gasteiger partial charge in [-0.15, -0.1) is 16.0 Å². The number of aliphatic hydroxyl groups is 1. The molecule has 4 heterocycles. The first-order valence-corrected chi connectivity index (χ1v) is 13.3. The average molecular weight is 545 g/mol. The van der Waals surface area contributed by atoms with Gasteiger partial charge in [0.05, 0.1) is 25.5 Å². The molecule has 0 aromatic carbocycles. The van der Waals surface area contributed by atoms with Gasteiger partial charge in [0.15, 0.2) is 17.6 Å². The van der Waals surface area contributed by atoms with E-state index >= 15 is 0 Å². The van der Waals surface area contributed by atoms with Crippen LogP contribution < -0.4 is 10.00 Å². The largest absolute Gasteiger partial charge is 0.394 e. The number of hydrogen-bond acceptors (Lipinski definition) is 7. The number of pyridine rings is 1. The van der Waals surface area contributed by atoms with Crippen LogP contribution in [0, 0.1) is 11.8 Å². The Kier molecular flexibility index (Phi) is 7.86. The van der Waals surface area contributed by atoms with Gasteiger partial charge in [-0.3, -0.25) is 9.48 Å². The molecule has 38 heavy (non-hydrogen) atoms. The molecular formula is C25H28F2N7O3S+. The van der Waals surface area contributed by atoms with Crippen LogP contribution in [0.5, 0.6) is 0 Å². The van der Waals surface area contributed by atoms with Gasteiger partial charge in [0.2, 0.25) is 12.1 Å². The van der Waals surface area contributed by atoms with E-state index in [1.807, 2.05) is 11.6 Å². The lowest BCUT2D eigenvalue weighted by Gasteiger charge is -2.24. The summed E-state index contributed by atoms with van der Waals surface area (Å²) < 4.78 is 37.8. The number of aromatic nitrogens is 6. The summed E-state index contributed by atoms with van der Waals surface area (Å²) in [4.78, 5) is 21.3. The normalized spacial score (nSPS) is 17.6. The number of rotatable bonds is 9. The molecule has 200 valence electrons. The molecule has 0 unspecified atom stereocenters. The molecule has 0 saturated heterocycles. The van der Waals surface area contributed by atoms with Crippen molar-refractivity contribution in [2.24, 2.45) is 0 Å². The fourth-order valence-corrected chi connectivity index (χ4v) is 5.39. The molecule has 1 aliphatic carbocycles. The van der Waals surface area contributed by atoms with E-state index in [4.69, 9.17) is 9.84 Å². The average Bonchev–Trinajstić information content (AvgIpc) is 3.66. The Labute approximate surface area is 221 Å². The molecule has 1 aliphatic rings. The molecule has 4 aromatic heterocycles. The molecule has 5 rings (SSSR count). The SMILES string of the molecule is CCOC1CCC([n+]2cc(NC(=O)c3csc(-c4cnn(CCO)c4)n3)c(-c3nc(F)ccc3F)[nH]2)CC1. The van der Waals surface area contributed by atoms with Crippen molar-refractivity contribution in [1.82, 2.24) is 24.8 Å². The molecule has 3 N–H and O–H groups in total. The number of nitrogens with zero attached hydrogens (tertiary/aromatic N) is 5. The van der Waals surface area contributed by atoms with Gasteiger partial charge in [0, 0.05) is 36.6 Å². The Morgan fingerprint density at radius 3 is 2.87 bits per heavy atom. The zero-order valence-electron chi connectivity index (χ0n) is 20.7. The zero-order valence-corrected chi connectivity index (χ0v) is 21.5. The summed E-state index contributed by atoms with van der Waals surface area (Å²) in [6.07, 6.45) is 8.68. The number of ether oxygens (including phenoxy) is 1. The van der Waals surface area contributed by atoms with Gasteiger partial charge < -0.3 is 15.2 Å². The standard InChI is InChI=1S/C25H27F2N7O3S/c1-2-37-17-5-3-16(4-6-17)34-13-19(23(32-34)22-18(26)7-8-21(27)31-22)29-24(36)20-14-38-25(30-20)15-11-28-33(12-15)9-10-35/h7-8,11-14,16-17,35H,2-6,9-10H2,1H3,(H,29,36)/p+1. The van der Waals surface area contributed by atoms with Gasteiger partial charge in [0.1, 0.15) is 22.1 Å². The predicted molar refractivity (Wildman–Crippen MR) is 135 cm³/mol. The number of amides is 1. The number of carbonyl (C=O) groups excluding carboxylic acids is 1. The van der Waals surface area contributed by atoms with Gasteiger partial charge in [0.25, 0.3) is 5.91 Å². The third kappa shape index (κ3) is 5.64. The Morgan fingerprint density at radius 2 is 2.11 bits per heavy atom. The summed E-state index contributed by atoms with van der Waals surface area (Å²) in [5, 5.41) is 21.4. The number of carbonyl (C=O) groups is 1. The van der Waals surface area contributed by atoms with Gasteiger partial charge in [-0.2, -0.15) is 14.6 Å². The molecule has 0 spiro atoms. The van der Waals surface area contributed by atoms with Crippen LogP contribution in [0.4, 0.5) is 14.5 Å². The van der Waals surface area contributed by atoms with Crippen molar-refractivity contribution in [1.29, 1.82) is 0 Å². The smallest absolute Gasteiger partial charge is 0.275 e. The van der Waals surface area contributed by atoms with Crippen LogP contribution in [0.1, 0.15) is 49.1 Å². The number of hydrogen-bond donors (Lipinski definition) is 3. The lowest BCUT2D eigenvalue weighted by atomic mass is 9.93. The van der Waals surface area contributed by atoms with Crippen LogP contribution in [-0.4, -0.2) is 55.2 Å². The molecule has 1 saturated carbocycles. The highest BCUT2D eigenvalue weighted by Crippen LogP contribution is 2.31. The van der Waals surface area contributed by atoms with Crippen molar-refractivity contribution in [2.75, 3.05) is 18.5 Å². The van der Waals surface area contributed by atoms with Crippen LogP contribution in [-0.2, 0) is 11.3 Å². The van der Waals surface area contributed by atoms with Crippen molar-refractivity contribution in [3.05, 3.63) is 53.6 Å². The van der Waals surface area contributed by atoms with Crippen LogP contribution in [0.3, 0.4) is 0 Å². The topological polar surface area (TPSA) is 122 Å². The van der Waals surface area contributed by atoms with E-state index < -0.39 is 17.7 Å². The first-order valence-electron chi connectivity index (χ1n) is 12.4. The van der Waals surface area contributed by atoms with Crippen LogP contribution >= 0.6 is 11.3 Å². The first-order chi connectivity index (χ1) is 18.4. The molecule has 0 atom stereocenters. The first kappa shape index (κ1) is 26.1. The number of nitrogens with one attached hydrogen (secondary N) is 2. The lowest BCUT2D eigenvalue weighted by molar-refractivity contribution is -0.775. The minimum atomic E-state index is -0.831. The lowest BCUT2D eigenvalue weighted by Crippen LogP contribution is -2.43. The molecule has 1 fully saturated rings. The van der Waals surface area contributed by atoms with E-state index in [9.17, 15) is 13.6 Å². The Bertz CT molecular complexity index is 1410. The van der Waals surface area contributed by atoms with Crippen molar-refractivity contribution < 1.29 is 28.1 Å². The molecule has 13 heteroatoms. The van der Waals surface area contributed by atoms with E-state index in [1.165, 1.54) is 11.3 Å². The second-order valence-electron chi connectivity index (χ2n) is 8.99. The second kappa shape index (κ2) is 11.5. The Hall–Kier alpha value is -3.55. The molecule has 0 aliphatic heterocycles. The minimum Gasteiger partial charge on any atom is -0.394 e. The molecule has 1 amide bonds. The van der Waals surface area contributed by atoms with Gasteiger partial charge >= 0.3 is 0 Å². The third-order valence-corrected chi connectivity index (χ3v) is 7.35. The quantitative estimate of drug-likeness (QED) is 0.218. The fourth-order valence-electron chi connectivity index (χ4n) is 4.61. The number of thiazole rings is 1. The Balaban J connectivity index is 1.40. The molecule has 10 nitrogen and oxygen atoms in total. The molecule has 0 radical (unpaired) electrons. The number of aromatic amines is 1. The number of aliphatic hydroxyl groups excluding tert-OH is 1. The van der Waals surface area contributed by atoms with Crippen LogP contribution in [0.25, 0.3) is 22.0 Å². The molecular weight excluding hydrogens is 516 g/mol.